The summed E-state index contributed by atoms with van der Waals surface area (Å²) in [7, 11) is 0. The van der Waals surface area contributed by atoms with Gasteiger partial charge in [-0.1, -0.05) is 30.3 Å². The van der Waals surface area contributed by atoms with E-state index in [0.717, 1.165) is 29.8 Å². The molecule has 1 N–H and O–H groups in total. The number of hydrogen-bond donors (Lipinski definition) is 1. The van der Waals surface area contributed by atoms with Gasteiger partial charge in [0.15, 0.2) is 5.65 Å². The van der Waals surface area contributed by atoms with Crippen LogP contribution >= 0.6 is 0 Å². The van der Waals surface area contributed by atoms with E-state index in [1.807, 2.05) is 72.8 Å². The summed E-state index contributed by atoms with van der Waals surface area (Å²) in [5, 5.41) is 8.23. The number of nitrogens with one attached hydrogen (secondary N) is 1. The number of benzene rings is 2. The molecule has 37 heavy (non-hydrogen) atoms. The fraction of sp³-hybridized carbons (Fsp3) is 0.138. The summed E-state index contributed by atoms with van der Waals surface area (Å²) in [6.45, 7) is 1.24. The zero-order valence-electron chi connectivity index (χ0n) is 20.0. The standard InChI is InChI=1S/C29H24N6O2/c36-27-7-4-16-34(27)23-10-8-22(9-11-23)32-29(37)24-17-26(21-5-2-1-3-6-21)33-28-25(24)18-31-35(28)19-20-12-14-30-15-13-20/h1-3,5-6,8-15,17-18H,4,7,16,19H2,(H,32,37). The molecule has 0 atom stereocenters. The first-order valence-electron chi connectivity index (χ1n) is 12.2. The van der Waals surface area contributed by atoms with Crippen molar-refractivity contribution < 1.29 is 9.59 Å². The van der Waals surface area contributed by atoms with Crippen LogP contribution in [0.4, 0.5) is 11.4 Å². The van der Waals surface area contributed by atoms with Crippen LogP contribution in [0, 0.1) is 0 Å². The molecule has 5 aromatic rings. The first kappa shape index (κ1) is 22.6. The lowest BCUT2D eigenvalue weighted by Gasteiger charge is -2.16. The summed E-state index contributed by atoms with van der Waals surface area (Å²) < 4.78 is 1.80. The average Bonchev–Trinajstić information content (AvgIpc) is 3.55. The van der Waals surface area contributed by atoms with E-state index in [1.54, 1.807) is 28.2 Å². The molecule has 3 aromatic heterocycles. The van der Waals surface area contributed by atoms with Gasteiger partial charge in [-0.15, -0.1) is 0 Å². The van der Waals surface area contributed by atoms with E-state index in [-0.39, 0.29) is 11.8 Å². The Morgan fingerprint density at radius 3 is 2.49 bits per heavy atom. The summed E-state index contributed by atoms with van der Waals surface area (Å²) >= 11 is 0. The molecule has 1 saturated heterocycles. The maximum absolute atomic E-state index is 13.5. The van der Waals surface area contributed by atoms with E-state index in [2.05, 4.69) is 15.4 Å². The zero-order valence-corrected chi connectivity index (χ0v) is 20.0. The molecule has 182 valence electrons. The Morgan fingerprint density at radius 2 is 1.76 bits per heavy atom. The lowest BCUT2D eigenvalue weighted by Crippen LogP contribution is -2.23. The number of carbonyl (C=O) groups excluding carboxylic acids is 2. The molecule has 1 aliphatic heterocycles. The van der Waals surface area contributed by atoms with Gasteiger partial charge in [0.25, 0.3) is 5.91 Å². The Bertz CT molecular complexity index is 1580. The molecule has 2 amide bonds. The number of hydrogen-bond acceptors (Lipinski definition) is 5. The van der Waals surface area contributed by atoms with E-state index < -0.39 is 0 Å². The van der Waals surface area contributed by atoms with Gasteiger partial charge in [0.2, 0.25) is 5.91 Å². The van der Waals surface area contributed by atoms with Crippen molar-refractivity contribution >= 4 is 34.2 Å². The van der Waals surface area contributed by atoms with Crippen molar-refractivity contribution in [2.24, 2.45) is 0 Å². The van der Waals surface area contributed by atoms with E-state index >= 15 is 0 Å². The topological polar surface area (TPSA) is 93.0 Å². The second-order valence-corrected chi connectivity index (χ2v) is 8.97. The molecule has 6 rings (SSSR count). The van der Waals surface area contributed by atoms with E-state index in [1.165, 1.54) is 0 Å². The third kappa shape index (κ3) is 4.56. The van der Waals surface area contributed by atoms with Crippen LogP contribution in [-0.2, 0) is 11.3 Å². The summed E-state index contributed by atoms with van der Waals surface area (Å²) in [5.74, 6) is -0.119. The molecule has 1 fully saturated rings. The van der Waals surface area contributed by atoms with Crippen molar-refractivity contribution in [2.45, 2.75) is 19.4 Å². The number of nitrogens with zero attached hydrogens (tertiary/aromatic N) is 5. The highest BCUT2D eigenvalue weighted by molar-refractivity contribution is 6.12. The van der Waals surface area contributed by atoms with Crippen molar-refractivity contribution in [3.63, 3.8) is 0 Å². The predicted octanol–water partition coefficient (Wildman–Crippen LogP) is 4.92. The summed E-state index contributed by atoms with van der Waals surface area (Å²) in [4.78, 5) is 36.3. The number of pyridine rings is 2. The van der Waals surface area contributed by atoms with Gasteiger partial charge in [0.1, 0.15) is 0 Å². The minimum atomic E-state index is -0.252. The molecule has 0 aliphatic carbocycles. The Morgan fingerprint density at radius 1 is 0.973 bits per heavy atom. The zero-order chi connectivity index (χ0) is 25.2. The van der Waals surface area contributed by atoms with E-state index in [4.69, 9.17) is 4.98 Å². The predicted molar refractivity (Wildman–Crippen MR) is 142 cm³/mol. The monoisotopic (exact) mass is 488 g/mol. The molecule has 8 nitrogen and oxygen atoms in total. The molecular weight excluding hydrogens is 464 g/mol. The Kier molecular flexibility index (Phi) is 5.90. The summed E-state index contributed by atoms with van der Waals surface area (Å²) in [6, 6.07) is 22.8. The van der Waals surface area contributed by atoms with E-state index in [0.29, 0.717) is 40.9 Å². The Hall–Kier alpha value is -4.85. The van der Waals surface area contributed by atoms with Crippen LogP contribution in [0.3, 0.4) is 0 Å². The molecule has 2 aromatic carbocycles. The first-order valence-corrected chi connectivity index (χ1v) is 12.2. The van der Waals surface area contributed by atoms with Crippen molar-refractivity contribution in [1.29, 1.82) is 0 Å². The number of aromatic nitrogens is 4. The number of carbonyl (C=O) groups is 2. The van der Waals surface area contributed by atoms with Crippen LogP contribution in [-0.4, -0.2) is 38.1 Å². The van der Waals surface area contributed by atoms with Crippen LogP contribution in [0.25, 0.3) is 22.3 Å². The number of rotatable bonds is 6. The van der Waals surface area contributed by atoms with Crippen molar-refractivity contribution in [3.8, 4) is 11.3 Å². The van der Waals surface area contributed by atoms with Crippen LogP contribution in [0.2, 0.25) is 0 Å². The first-order chi connectivity index (χ1) is 18.2. The highest BCUT2D eigenvalue weighted by Gasteiger charge is 2.22. The second-order valence-electron chi connectivity index (χ2n) is 8.97. The fourth-order valence-electron chi connectivity index (χ4n) is 4.61. The van der Waals surface area contributed by atoms with Gasteiger partial charge in [0, 0.05) is 42.3 Å². The lowest BCUT2D eigenvalue weighted by molar-refractivity contribution is -0.117. The van der Waals surface area contributed by atoms with Crippen LogP contribution in [0.15, 0.2) is 91.4 Å². The second kappa shape index (κ2) is 9.66. The molecule has 0 saturated carbocycles. The maximum atomic E-state index is 13.5. The molecule has 0 unspecified atom stereocenters. The maximum Gasteiger partial charge on any atom is 0.256 e. The van der Waals surface area contributed by atoms with Crippen molar-refractivity contribution in [1.82, 2.24) is 19.7 Å². The normalized spacial score (nSPS) is 13.3. The molecular formula is C29H24N6O2. The van der Waals surface area contributed by atoms with Crippen LogP contribution in [0.5, 0.6) is 0 Å². The van der Waals surface area contributed by atoms with Gasteiger partial charge >= 0.3 is 0 Å². The number of anilines is 2. The molecule has 0 spiro atoms. The molecule has 0 bridgehead atoms. The SMILES string of the molecule is O=C(Nc1ccc(N2CCCC2=O)cc1)c1cc(-c2ccccc2)nc2c1cnn2Cc1ccncc1. The summed E-state index contributed by atoms with van der Waals surface area (Å²) in [6.07, 6.45) is 6.62. The molecule has 1 aliphatic rings. The van der Waals surface area contributed by atoms with Gasteiger partial charge in [-0.05, 0) is 54.4 Å². The van der Waals surface area contributed by atoms with Crippen LogP contribution in [0.1, 0.15) is 28.8 Å². The summed E-state index contributed by atoms with van der Waals surface area (Å²) in [5.41, 5.74) is 5.25. The van der Waals surface area contributed by atoms with Gasteiger partial charge in [-0.25, -0.2) is 9.67 Å². The van der Waals surface area contributed by atoms with Crippen molar-refractivity contribution in [3.05, 3.63) is 103 Å². The van der Waals surface area contributed by atoms with Gasteiger partial charge in [0.05, 0.1) is 29.4 Å². The Labute approximate surface area is 213 Å². The highest BCUT2D eigenvalue weighted by atomic mass is 16.2. The van der Waals surface area contributed by atoms with E-state index in [9.17, 15) is 9.59 Å². The molecule has 8 heteroatoms. The molecule has 0 radical (unpaired) electrons. The smallest absolute Gasteiger partial charge is 0.256 e. The number of amides is 2. The quantitative estimate of drug-likeness (QED) is 0.366. The minimum Gasteiger partial charge on any atom is -0.322 e. The van der Waals surface area contributed by atoms with Crippen molar-refractivity contribution in [2.75, 3.05) is 16.8 Å². The average molecular weight is 489 g/mol. The number of fused-ring (bicyclic) bond motifs is 1. The third-order valence-electron chi connectivity index (χ3n) is 6.52. The molecule has 4 heterocycles. The third-order valence-corrected chi connectivity index (χ3v) is 6.52. The lowest BCUT2D eigenvalue weighted by atomic mass is 10.1. The van der Waals surface area contributed by atoms with Crippen LogP contribution < -0.4 is 10.2 Å². The van der Waals surface area contributed by atoms with Gasteiger partial charge < -0.3 is 10.2 Å². The minimum absolute atomic E-state index is 0.133. The largest absolute Gasteiger partial charge is 0.322 e. The van der Waals surface area contributed by atoms with Gasteiger partial charge in [-0.2, -0.15) is 5.10 Å². The fourth-order valence-corrected chi connectivity index (χ4v) is 4.61. The van der Waals surface area contributed by atoms with Gasteiger partial charge in [-0.3, -0.25) is 14.6 Å². The Balaban J connectivity index is 1.35. The highest BCUT2D eigenvalue weighted by Crippen LogP contribution is 2.27.